The van der Waals surface area contributed by atoms with E-state index in [-0.39, 0.29) is 5.91 Å². The monoisotopic (exact) mass is 321 g/mol. The van der Waals surface area contributed by atoms with Crippen LogP contribution in [0.1, 0.15) is 40.5 Å². The minimum Gasteiger partial charge on any atom is -0.379 e. The number of nitrogens with zero attached hydrogens (tertiary/aromatic N) is 2. The van der Waals surface area contributed by atoms with E-state index in [1.165, 1.54) is 0 Å². The first-order chi connectivity index (χ1) is 11.5. The molecule has 0 fully saturated rings. The molecule has 0 radical (unpaired) electrons. The SMILES string of the molecule is CCC(O)(c1ccc2c3c(ccc2c1)C(=O)N(C)C3)c1cnc[nH]1. The highest BCUT2D eigenvalue weighted by Crippen LogP contribution is 2.35. The van der Waals surface area contributed by atoms with Crippen LogP contribution in [0.5, 0.6) is 0 Å². The predicted molar refractivity (Wildman–Crippen MR) is 91.6 cm³/mol. The number of imidazole rings is 1. The molecule has 5 nitrogen and oxygen atoms in total. The Morgan fingerprint density at radius 3 is 2.88 bits per heavy atom. The summed E-state index contributed by atoms with van der Waals surface area (Å²) in [6.45, 7) is 2.57. The molecule has 5 heteroatoms. The summed E-state index contributed by atoms with van der Waals surface area (Å²) in [6, 6.07) is 9.79. The molecule has 1 aliphatic rings. The van der Waals surface area contributed by atoms with E-state index in [0.29, 0.717) is 18.7 Å². The van der Waals surface area contributed by atoms with Gasteiger partial charge in [-0.15, -0.1) is 0 Å². The minimum atomic E-state index is -1.10. The lowest BCUT2D eigenvalue weighted by atomic mass is 9.86. The summed E-state index contributed by atoms with van der Waals surface area (Å²) in [5, 5.41) is 13.3. The number of aromatic nitrogens is 2. The van der Waals surface area contributed by atoms with Crippen LogP contribution in [0, 0.1) is 0 Å². The molecule has 24 heavy (non-hydrogen) atoms. The standard InChI is InChI=1S/C19H19N3O2/c1-3-19(24,17-9-20-11-21-17)13-5-7-14-12(8-13)4-6-15-16(14)10-22(2)18(15)23/h4-9,11,24H,3,10H2,1-2H3,(H,20,21). The molecular weight excluding hydrogens is 302 g/mol. The number of H-pyrrole nitrogens is 1. The number of amides is 1. The Balaban J connectivity index is 1.87. The zero-order valence-electron chi connectivity index (χ0n) is 13.7. The van der Waals surface area contributed by atoms with Crippen molar-refractivity contribution in [2.24, 2.45) is 0 Å². The smallest absolute Gasteiger partial charge is 0.254 e. The number of fused-ring (bicyclic) bond motifs is 3. The molecule has 2 aromatic carbocycles. The zero-order chi connectivity index (χ0) is 16.9. The van der Waals surface area contributed by atoms with E-state index in [0.717, 1.165) is 27.5 Å². The molecule has 0 aliphatic carbocycles. The molecule has 4 rings (SSSR count). The van der Waals surface area contributed by atoms with Crippen LogP contribution in [-0.2, 0) is 12.1 Å². The Morgan fingerprint density at radius 1 is 1.33 bits per heavy atom. The summed E-state index contributed by atoms with van der Waals surface area (Å²) in [7, 11) is 1.82. The number of benzene rings is 2. The third kappa shape index (κ3) is 1.98. The lowest BCUT2D eigenvalue weighted by Gasteiger charge is -2.26. The van der Waals surface area contributed by atoms with Crippen LogP contribution >= 0.6 is 0 Å². The fourth-order valence-electron chi connectivity index (χ4n) is 3.57. The zero-order valence-corrected chi connectivity index (χ0v) is 13.7. The van der Waals surface area contributed by atoms with E-state index in [1.54, 1.807) is 17.4 Å². The van der Waals surface area contributed by atoms with Gasteiger partial charge in [0.25, 0.3) is 5.91 Å². The number of carbonyl (C=O) groups excluding carboxylic acids is 1. The molecule has 2 heterocycles. The highest BCUT2D eigenvalue weighted by atomic mass is 16.3. The first-order valence-corrected chi connectivity index (χ1v) is 8.07. The van der Waals surface area contributed by atoms with Gasteiger partial charge in [-0.2, -0.15) is 0 Å². The molecular formula is C19H19N3O2. The van der Waals surface area contributed by atoms with E-state index in [4.69, 9.17) is 0 Å². The van der Waals surface area contributed by atoms with Crippen molar-refractivity contribution in [3.05, 3.63) is 65.2 Å². The molecule has 0 bridgehead atoms. The number of rotatable bonds is 3. The Kier molecular flexibility index (Phi) is 3.21. The van der Waals surface area contributed by atoms with Crippen molar-refractivity contribution in [3.8, 4) is 0 Å². The highest BCUT2D eigenvalue weighted by molar-refractivity contribution is 6.04. The van der Waals surface area contributed by atoms with Crippen LogP contribution in [0.25, 0.3) is 10.8 Å². The summed E-state index contributed by atoms with van der Waals surface area (Å²) >= 11 is 0. The van der Waals surface area contributed by atoms with Gasteiger partial charge in [0, 0.05) is 19.2 Å². The van der Waals surface area contributed by atoms with Gasteiger partial charge in [-0.25, -0.2) is 4.98 Å². The molecule has 3 aromatic rings. The van der Waals surface area contributed by atoms with Crippen LogP contribution in [0.2, 0.25) is 0 Å². The average Bonchev–Trinajstić information content (AvgIpc) is 3.23. The van der Waals surface area contributed by atoms with Crippen molar-refractivity contribution < 1.29 is 9.90 Å². The Labute approximate surface area is 139 Å². The maximum atomic E-state index is 12.1. The second kappa shape index (κ2) is 5.18. The fourth-order valence-corrected chi connectivity index (χ4v) is 3.57. The van der Waals surface area contributed by atoms with Gasteiger partial charge in [0.2, 0.25) is 0 Å². The highest BCUT2D eigenvalue weighted by Gasteiger charge is 2.32. The number of nitrogens with one attached hydrogen (secondary N) is 1. The third-order valence-corrected chi connectivity index (χ3v) is 5.04. The van der Waals surface area contributed by atoms with E-state index in [1.807, 2.05) is 44.3 Å². The fraction of sp³-hybridized carbons (Fsp3) is 0.263. The molecule has 0 spiro atoms. The van der Waals surface area contributed by atoms with Gasteiger partial charge in [0.15, 0.2) is 0 Å². The number of hydrogen-bond donors (Lipinski definition) is 2. The third-order valence-electron chi connectivity index (χ3n) is 5.04. The number of carbonyl (C=O) groups is 1. The second-order valence-corrected chi connectivity index (χ2v) is 6.37. The van der Waals surface area contributed by atoms with Gasteiger partial charge in [0.1, 0.15) is 5.60 Å². The van der Waals surface area contributed by atoms with E-state index >= 15 is 0 Å². The van der Waals surface area contributed by atoms with Crippen molar-refractivity contribution in [1.82, 2.24) is 14.9 Å². The van der Waals surface area contributed by atoms with Gasteiger partial charge in [-0.1, -0.05) is 25.1 Å². The van der Waals surface area contributed by atoms with Crippen LogP contribution in [-0.4, -0.2) is 32.9 Å². The van der Waals surface area contributed by atoms with Crippen LogP contribution in [0.3, 0.4) is 0 Å². The van der Waals surface area contributed by atoms with E-state index in [9.17, 15) is 9.90 Å². The van der Waals surface area contributed by atoms with Gasteiger partial charge < -0.3 is 15.0 Å². The van der Waals surface area contributed by atoms with E-state index < -0.39 is 5.60 Å². The first-order valence-electron chi connectivity index (χ1n) is 8.07. The summed E-state index contributed by atoms with van der Waals surface area (Å²) in [5.41, 5.74) is 2.24. The second-order valence-electron chi connectivity index (χ2n) is 6.37. The first kappa shape index (κ1) is 14.9. The van der Waals surface area contributed by atoms with Crippen LogP contribution in [0.15, 0.2) is 42.9 Å². The molecule has 0 saturated carbocycles. The number of hydrogen-bond acceptors (Lipinski definition) is 3. The molecule has 2 N–H and O–H groups in total. The molecule has 1 atom stereocenters. The quantitative estimate of drug-likeness (QED) is 0.779. The van der Waals surface area contributed by atoms with Gasteiger partial charge in [-0.05, 0) is 40.5 Å². The molecule has 1 amide bonds. The van der Waals surface area contributed by atoms with E-state index in [2.05, 4.69) is 9.97 Å². The summed E-state index contributed by atoms with van der Waals surface area (Å²) in [5.74, 6) is 0.0681. The lowest BCUT2D eigenvalue weighted by molar-refractivity contribution is 0.0725. The van der Waals surface area contributed by atoms with Gasteiger partial charge in [0.05, 0.1) is 18.2 Å². The largest absolute Gasteiger partial charge is 0.379 e. The minimum absolute atomic E-state index is 0.0681. The number of aromatic amines is 1. The normalized spacial score (nSPS) is 16.5. The van der Waals surface area contributed by atoms with Gasteiger partial charge >= 0.3 is 0 Å². The van der Waals surface area contributed by atoms with Crippen molar-refractivity contribution in [2.45, 2.75) is 25.5 Å². The molecule has 0 saturated heterocycles. The maximum Gasteiger partial charge on any atom is 0.254 e. The van der Waals surface area contributed by atoms with Crippen molar-refractivity contribution >= 4 is 16.7 Å². The average molecular weight is 321 g/mol. The summed E-state index contributed by atoms with van der Waals surface area (Å²) in [4.78, 5) is 20.9. The van der Waals surface area contributed by atoms with Crippen molar-refractivity contribution in [1.29, 1.82) is 0 Å². The molecule has 1 aliphatic heterocycles. The summed E-state index contributed by atoms with van der Waals surface area (Å²) < 4.78 is 0. The topological polar surface area (TPSA) is 69.2 Å². The van der Waals surface area contributed by atoms with Crippen molar-refractivity contribution in [2.75, 3.05) is 7.05 Å². The molecule has 1 aromatic heterocycles. The Morgan fingerprint density at radius 2 is 2.17 bits per heavy atom. The number of aliphatic hydroxyl groups is 1. The predicted octanol–water partition coefficient (Wildman–Crippen LogP) is 2.79. The Bertz CT molecular complexity index is 933. The summed E-state index contributed by atoms with van der Waals surface area (Å²) in [6.07, 6.45) is 3.77. The van der Waals surface area contributed by atoms with Crippen molar-refractivity contribution in [3.63, 3.8) is 0 Å². The van der Waals surface area contributed by atoms with Crippen LogP contribution in [0.4, 0.5) is 0 Å². The maximum absolute atomic E-state index is 12.1. The molecule has 122 valence electrons. The Hall–Kier alpha value is -2.66. The van der Waals surface area contributed by atoms with Gasteiger partial charge in [-0.3, -0.25) is 4.79 Å². The lowest BCUT2D eigenvalue weighted by Crippen LogP contribution is -2.26. The van der Waals surface area contributed by atoms with Crippen LogP contribution < -0.4 is 0 Å². The molecule has 1 unspecified atom stereocenters.